The lowest BCUT2D eigenvalue weighted by molar-refractivity contribution is 0.102. The molecule has 1 amide bonds. The second-order valence-corrected chi connectivity index (χ2v) is 5.34. The van der Waals surface area contributed by atoms with Gasteiger partial charge in [0, 0.05) is 6.20 Å². The van der Waals surface area contributed by atoms with Gasteiger partial charge in [0.15, 0.2) is 5.13 Å². The number of carbonyl (C=O) groups excluding carboxylic acids is 1. The molecule has 1 N–H and O–H groups in total. The zero-order valence-corrected chi connectivity index (χ0v) is 11.4. The van der Waals surface area contributed by atoms with Crippen molar-refractivity contribution in [3.63, 3.8) is 0 Å². The predicted octanol–water partition coefficient (Wildman–Crippen LogP) is 3.39. The van der Waals surface area contributed by atoms with Crippen LogP contribution in [0.3, 0.4) is 0 Å². The van der Waals surface area contributed by atoms with Crippen LogP contribution in [-0.4, -0.2) is 15.9 Å². The van der Waals surface area contributed by atoms with Crippen LogP contribution in [0.15, 0.2) is 36.5 Å². The van der Waals surface area contributed by atoms with Crippen LogP contribution >= 0.6 is 11.3 Å². The molecule has 0 aliphatic heterocycles. The van der Waals surface area contributed by atoms with Gasteiger partial charge in [-0.05, 0) is 36.8 Å². The average Bonchev–Trinajstić information content (AvgIpc) is 2.80. The van der Waals surface area contributed by atoms with Gasteiger partial charge in [0.2, 0.25) is 5.95 Å². The largest absolute Gasteiger partial charge is 0.298 e. The van der Waals surface area contributed by atoms with Gasteiger partial charge in [0.1, 0.15) is 0 Å². The Morgan fingerprint density at radius 3 is 2.90 bits per heavy atom. The molecule has 0 fully saturated rings. The van der Waals surface area contributed by atoms with Crippen molar-refractivity contribution in [2.75, 3.05) is 5.32 Å². The number of halogens is 1. The van der Waals surface area contributed by atoms with Crippen LogP contribution in [0.1, 0.15) is 15.9 Å². The summed E-state index contributed by atoms with van der Waals surface area (Å²) in [6, 6.07) is 8.43. The topological polar surface area (TPSA) is 54.9 Å². The van der Waals surface area contributed by atoms with Crippen LogP contribution in [-0.2, 0) is 0 Å². The normalized spacial score (nSPS) is 10.7. The Balaban J connectivity index is 1.85. The number of rotatable bonds is 2. The molecule has 6 heteroatoms. The number of hydrogen-bond donors (Lipinski definition) is 1. The predicted molar refractivity (Wildman–Crippen MR) is 76.5 cm³/mol. The van der Waals surface area contributed by atoms with E-state index in [0.29, 0.717) is 10.7 Å². The first-order valence-electron chi connectivity index (χ1n) is 5.92. The van der Waals surface area contributed by atoms with E-state index in [2.05, 4.69) is 15.3 Å². The minimum absolute atomic E-state index is 0.293. The molecule has 3 aromatic rings. The minimum Gasteiger partial charge on any atom is -0.298 e. The van der Waals surface area contributed by atoms with Gasteiger partial charge in [-0.25, -0.2) is 9.97 Å². The molecule has 100 valence electrons. The lowest BCUT2D eigenvalue weighted by atomic mass is 10.2. The number of pyridine rings is 1. The van der Waals surface area contributed by atoms with Crippen LogP contribution in [0.4, 0.5) is 9.52 Å². The Bertz CT molecular complexity index is 783. The summed E-state index contributed by atoms with van der Waals surface area (Å²) in [6.07, 6.45) is 1.20. The van der Waals surface area contributed by atoms with Crippen LogP contribution in [0, 0.1) is 12.9 Å². The lowest BCUT2D eigenvalue weighted by Gasteiger charge is -2.00. The highest BCUT2D eigenvalue weighted by molar-refractivity contribution is 7.22. The van der Waals surface area contributed by atoms with Crippen LogP contribution < -0.4 is 5.32 Å². The molecule has 0 unspecified atom stereocenters. The zero-order valence-electron chi connectivity index (χ0n) is 10.6. The fourth-order valence-corrected chi connectivity index (χ4v) is 2.72. The van der Waals surface area contributed by atoms with E-state index in [0.717, 1.165) is 21.8 Å². The van der Waals surface area contributed by atoms with Gasteiger partial charge in [-0.15, -0.1) is 0 Å². The summed E-state index contributed by atoms with van der Waals surface area (Å²) < 4.78 is 13.7. The Kier molecular flexibility index (Phi) is 3.15. The molecule has 0 saturated heterocycles. The van der Waals surface area contributed by atoms with Crippen molar-refractivity contribution in [2.45, 2.75) is 6.92 Å². The molecule has 2 heterocycles. The molecule has 1 aromatic carbocycles. The maximum atomic E-state index is 12.7. The molecule has 0 bridgehead atoms. The number of nitrogens with one attached hydrogen (secondary N) is 1. The van der Waals surface area contributed by atoms with Crippen molar-refractivity contribution in [2.24, 2.45) is 0 Å². The third-order valence-electron chi connectivity index (χ3n) is 2.75. The highest BCUT2D eigenvalue weighted by atomic mass is 32.1. The number of carbonyl (C=O) groups is 1. The van der Waals surface area contributed by atoms with E-state index in [1.54, 1.807) is 0 Å². The molecule has 0 saturated carbocycles. The van der Waals surface area contributed by atoms with Gasteiger partial charge < -0.3 is 0 Å². The monoisotopic (exact) mass is 287 g/mol. The molecule has 0 spiro atoms. The maximum Gasteiger partial charge on any atom is 0.259 e. The van der Waals surface area contributed by atoms with Crippen LogP contribution in [0.25, 0.3) is 10.2 Å². The average molecular weight is 287 g/mol. The zero-order chi connectivity index (χ0) is 14.1. The number of thiazole rings is 1. The number of nitrogens with zero attached hydrogens (tertiary/aromatic N) is 2. The first-order valence-corrected chi connectivity index (χ1v) is 6.73. The number of benzene rings is 1. The van der Waals surface area contributed by atoms with E-state index in [1.807, 2.05) is 25.1 Å². The molecule has 0 radical (unpaired) electrons. The van der Waals surface area contributed by atoms with E-state index in [1.165, 1.54) is 23.6 Å². The Morgan fingerprint density at radius 1 is 1.30 bits per heavy atom. The third kappa shape index (κ3) is 2.50. The van der Waals surface area contributed by atoms with Crippen molar-refractivity contribution in [1.82, 2.24) is 9.97 Å². The van der Waals surface area contributed by atoms with Gasteiger partial charge in [0.05, 0.1) is 15.8 Å². The fraction of sp³-hybridized carbons (Fsp3) is 0.0714. The van der Waals surface area contributed by atoms with Crippen molar-refractivity contribution >= 4 is 32.6 Å². The van der Waals surface area contributed by atoms with Gasteiger partial charge >= 0.3 is 0 Å². The summed E-state index contributed by atoms with van der Waals surface area (Å²) in [5, 5.41) is 3.21. The number of anilines is 1. The van der Waals surface area contributed by atoms with Crippen molar-refractivity contribution in [1.29, 1.82) is 0 Å². The van der Waals surface area contributed by atoms with Crippen LogP contribution in [0.5, 0.6) is 0 Å². The van der Waals surface area contributed by atoms with E-state index < -0.39 is 5.95 Å². The molecular formula is C14H10FN3OS. The molecule has 0 aliphatic carbocycles. The first kappa shape index (κ1) is 12.7. The first-order chi connectivity index (χ1) is 9.61. The number of aromatic nitrogens is 2. The summed E-state index contributed by atoms with van der Waals surface area (Å²) in [7, 11) is 0. The highest BCUT2D eigenvalue weighted by Gasteiger charge is 2.10. The van der Waals surface area contributed by atoms with Crippen molar-refractivity contribution in [3.05, 3.63) is 53.6 Å². The minimum atomic E-state index is -0.614. The van der Waals surface area contributed by atoms with Crippen molar-refractivity contribution < 1.29 is 9.18 Å². The molecule has 20 heavy (non-hydrogen) atoms. The summed E-state index contributed by atoms with van der Waals surface area (Å²) in [5.74, 6) is -0.967. The summed E-state index contributed by atoms with van der Waals surface area (Å²) in [6.45, 7) is 2.00. The Hall–Kier alpha value is -2.34. The molecule has 3 rings (SSSR count). The van der Waals surface area contributed by atoms with Gasteiger partial charge in [-0.1, -0.05) is 17.4 Å². The number of aryl methyl sites for hydroxylation is 1. The number of hydrogen-bond acceptors (Lipinski definition) is 4. The van der Waals surface area contributed by atoms with Gasteiger partial charge in [0.25, 0.3) is 5.91 Å². The Morgan fingerprint density at radius 2 is 2.15 bits per heavy atom. The van der Waals surface area contributed by atoms with E-state index in [-0.39, 0.29) is 5.91 Å². The molecule has 0 aliphatic rings. The van der Waals surface area contributed by atoms with E-state index >= 15 is 0 Å². The third-order valence-corrected chi connectivity index (χ3v) is 3.69. The standard InChI is InChI=1S/C14H10FN3OS/c1-8-2-4-10-11(6-8)20-14(17-10)18-13(19)9-3-5-12(15)16-7-9/h2-7H,1H3,(H,17,18,19). The summed E-state index contributed by atoms with van der Waals surface area (Å²) in [4.78, 5) is 19.7. The summed E-state index contributed by atoms with van der Waals surface area (Å²) >= 11 is 1.40. The SMILES string of the molecule is Cc1ccc2nc(NC(=O)c3ccc(F)nc3)sc2c1. The molecule has 4 nitrogen and oxygen atoms in total. The number of amides is 1. The molecule has 0 atom stereocenters. The fourth-order valence-electron chi connectivity index (χ4n) is 1.76. The quantitative estimate of drug-likeness (QED) is 0.735. The second-order valence-electron chi connectivity index (χ2n) is 4.31. The maximum absolute atomic E-state index is 12.7. The molecule has 2 aromatic heterocycles. The Labute approximate surface area is 118 Å². The van der Waals surface area contributed by atoms with E-state index in [9.17, 15) is 9.18 Å². The van der Waals surface area contributed by atoms with Crippen LogP contribution in [0.2, 0.25) is 0 Å². The summed E-state index contributed by atoms with van der Waals surface area (Å²) in [5.41, 5.74) is 2.27. The van der Waals surface area contributed by atoms with Gasteiger partial charge in [-0.2, -0.15) is 4.39 Å². The number of fused-ring (bicyclic) bond motifs is 1. The molecular weight excluding hydrogens is 277 g/mol. The van der Waals surface area contributed by atoms with Crippen molar-refractivity contribution in [3.8, 4) is 0 Å². The smallest absolute Gasteiger partial charge is 0.259 e. The van der Waals surface area contributed by atoms with Gasteiger partial charge in [-0.3, -0.25) is 10.1 Å². The van der Waals surface area contributed by atoms with E-state index in [4.69, 9.17) is 0 Å². The lowest BCUT2D eigenvalue weighted by Crippen LogP contribution is -2.12. The highest BCUT2D eigenvalue weighted by Crippen LogP contribution is 2.26. The second kappa shape index (κ2) is 4.97.